The zero-order chi connectivity index (χ0) is 7.33. The van der Waals surface area contributed by atoms with Crippen molar-refractivity contribution in [2.75, 3.05) is 6.61 Å². The lowest BCUT2D eigenvalue weighted by atomic mass is 10.2. The van der Waals surface area contributed by atoms with Gasteiger partial charge in [-0.3, -0.25) is 0 Å². The van der Waals surface area contributed by atoms with Crippen molar-refractivity contribution in [1.29, 1.82) is 0 Å². The molecule has 0 heterocycles. The Morgan fingerprint density at radius 3 is 2.22 bits per heavy atom. The van der Waals surface area contributed by atoms with E-state index in [9.17, 15) is 0 Å². The molecule has 0 rings (SSSR count). The molecule has 1 nitrogen and oxygen atoms in total. The molecule has 0 fully saturated rings. The molecule has 0 spiro atoms. The van der Waals surface area contributed by atoms with Crippen LogP contribution < -0.4 is 0 Å². The van der Waals surface area contributed by atoms with Crippen LogP contribution in [0.1, 0.15) is 27.2 Å². The molecular weight excluding hydrogens is 128 g/mol. The third-order valence-electron chi connectivity index (χ3n) is 1.03. The van der Waals surface area contributed by atoms with Crippen LogP contribution in [0.3, 0.4) is 0 Å². The maximum absolute atomic E-state index is 5.49. The van der Waals surface area contributed by atoms with Crippen molar-refractivity contribution in [2.24, 2.45) is 0 Å². The summed E-state index contributed by atoms with van der Waals surface area (Å²) >= 11 is 0. The van der Waals surface area contributed by atoms with Crippen molar-refractivity contribution in [2.45, 2.75) is 38.8 Å². The second-order valence-corrected chi connectivity index (χ2v) is 4.31. The minimum atomic E-state index is 0.0662. The number of hydrogen-bond acceptors (Lipinski definition) is 1. The van der Waals surface area contributed by atoms with Gasteiger partial charge >= 0.3 is 0 Å². The summed E-state index contributed by atoms with van der Waals surface area (Å²) < 4.78 is 5.49. The van der Waals surface area contributed by atoms with Gasteiger partial charge in [-0.15, -0.1) is 0 Å². The molecule has 0 N–H and O–H groups in total. The molecule has 0 aromatic rings. The van der Waals surface area contributed by atoms with Crippen molar-refractivity contribution in [3.8, 4) is 0 Å². The maximum atomic E-state index is 5.49. The average molecular weight is 146 g/mol. The van der Waals surface area contributed by atoms with Crippen molar-refractivity contribution >= 4 is 10.2 Å². The minimum absolute atomic E-state index is 0.0662. The highest BCUT2D eigenvalue weighted by molar-refractivity contribution is 6.08. The van der Waals surface area contributed by atoms with E-state index in [1.165, 1.54) is 22.7 Å². The Hall–Kier alpha value is 0.177. The van der Waals surface area contributed by atoms with Gasteiger partial charge in [-0.1, -0.05) is 6.04 Å². The first kappa shape index (κ1) is 9.18. The van der Waals surface area contributed by atoms with Gasteiger partial charge in [-0.2, -0.15) is 0 Å². The van der Waals surface area contributed by atoms with E-state index in [1.54, 1.807) is 0 Å². The van der Waals surface area contributed by atoms with Gasteiger partial charge in [0, 0.05) is 16.8 Å². The molecule has 56 valence electrons. The largest absolute Gasteiger partial charge is 0.376 e. The Kier molecular flexibility index (Phi) is 4.15. The van der Waals surface area contributed by atoms with Gasteiger partial charge < -0.3 is 4.74 Å². The Bertz CT molecular complexity index is 65.8. The lowest BCUT2D eigenvalue weighted by Gasteiger charge is -2.18. The van der Waals surface area contributed by atoms with Crippen molar-refractivity contribution < 1.29 is 4.74 Å². The van der Waals surface area contributed by atoms with Crippen LogP contribution in [-0.4, -0.2) is 22.5 Å². The summed E-state index contributed by atoms with van der Waals surface area (Å²) in [5, 5.41) is 0. The van der Waals surface area contributed by atoms with Crippen LogP contribution >= 0.6 is 0 Å². The quantitative estimate of drug-likeness (QED) is 0.426. The van der Waals surface area contributed by atoms with E-state index in [4.69, 9.17) is 4.74 Å². The van der Waals surface area contributed by atoms with Crippen LogP contribution in [0, 0.1) is 0 Å². The van der Waals surface area contributed by atoms with E-state index in [-0.39, 0.29) is 5.60 Å². The molecular formula is C7H18OSi. The van der Waals surface area contributed by atoms with Gasteiger partial charge in [0.1, 0.15) is 0 Å². The SMILES string of the molecule is CC(C)(C)OCCC[SiH3]. The molecule has 0 aliphatic carbocycles. The van der Waals surface area contributed by atoms with Gasteiger partial charge in [0.25, 0.3) is 0 Å². The van der Waals surface area contributed by atoms with Crippen LogP contribution in [0.5, 0.6) is 0 Å². The summed E-state index contributed by atoms with van der Waals surface area (Å²) in [6, 6.07) is 1.36. The molecule has 0 radical (unpaired) electrons. The Balaban J connectivity index is 3.07. The summed E-state index contributed by atoms with van der Waals surface area (Å²) in [6.45, 7) is 7.23. The standard InChI is InChI=1S/C7H18OSi/c1-7(2,3)8-5-4-6-9/h4-6H2,1-3,9H3. The number of hydrogen-bond donors (Lipinski definition) is 0. The first-order chi connectivity index (χ1) is 4.06. The summed E-state index contributed by atoms with van der Waals surface area (Å²) in [7, 11) is 1.31. The fourth-order valence-electron chi connectivity index (χ4n) is 0.523. The van der Waals surface area contributed by atoms with Gasteiger partial charge in [0.2, 0.25) is 0 Å². The van der Waals surface area contributed by atoms with Gasteiger partial charge in [-0.05, 0) is 27.2 Å². The van der Waals surface area contributed by atoms with Gasteiger partial charge in [-0.25, -0.2) is 0 Å². The van der Waals surface area contributed by atoms with Crippen molar-refractivity contribution in [3.63, 3.8) is 0 Å². The molecule has 0 aromatic heterocycles. The summed E-state index contributed by atoms with van der Waals surface area (Å²) in [5.41, 5.74) is 0.0662. The molecule has 0 aliphatic heterocycles. The third-order valence-corrected chi connectivity index (χ3v) is 1.74. The molecule has 0 unspecified atom stereocenters. The van der Waals surface area contributed by atoms with E-state index >= 15 is 0 Å². The highest BCUT2D eigenvalue weighted by Crippen LogP contribution is 2.06. The lowest BCUT2D eigenvalue weighted by Crippen LogP contribution is -2.19. The van der Waals surface area contributed by atoms with E-state index < -0.39 is 0 Å². The highest BCUT2D eigenvalue weighted by Gasteiger charge is 2.07. The molecule has 0 aliphatic rings. The highest BCUT2D eigenvalue weighted by atomic mass is 28.1. The van der Waals surface area contributed by atoms with Crippen LogP contribution in [0.4, 0.5) is 0 Å². The summed E-state index contributed by atoms with van der Waals surface area (Å²) in [4.78, 5) is 0. The summed E-state index contributed by atoms with van der Waals surface area (Å²) in [5.74, 6) is 0. The summed E-state index contributed by atoms with van der Waals surface area (Å²) in [6.07, 6.45) is 1.24. The number of ether oxygens (including phenoxy) is 1. The minimum Gasteiger partial charge on any atom is -0.376 e. The first-order valence-corrected chi connectivity index (χ1v) is 5.11. The van der Waals surface area contributed by atoms with E-state index in [1.807, 2.05) is 0 Å². The van der Waals surface area contributed by atoms with Crippen LogP contribution in [0.15, 0.2) is 0 Å². The van der Waals surface area contributed by atoms with Gasteiger partial charge in [0.05, 0.1) is 5.60 Å². The predicted octanol–water partition coefficient (Wildman–Crippen LogP) is 0.975. The first-order valence-electron chi connectivity index (χ1n) is 3.70. The Morgan fingerprint density at radius 2 is 1.89 bits per heavy atom. The smallest absolute Gasteiger partial charge is 0.0598 e. The topological polar surface area (TPSA) is 9.23 Å². The van der Waals surface area contributed by atoms with Gasteiger partial charge in [0.15, 0.2) is 0 Å². The molecule has 2 heteroatoms. The molecule has 0 saturated carbocycles. The second kappa shape index (κ2) is 4.07. The predicted molar refractivity (Wildman–Crippen MR) is 45.1 cm³/mol. The molecule has 0 atom stereocenters. The monoisotopic (exact) mass is 146 g/mol. The Morgan fingerprint density at radius 1 is 1.33 bits per heavy atom. The average Bonchev–Trinajstić information content (AvgIpc) is 1.63. The third kappa shape index (κ3) is 8.18. The van der Waals surface area contributed by atoms with E-state index in [0.717, 1.165) is 6.61 Å². The zero-order valence-corrected chi connectivity index (χ0v) is 9.03. The lowest BCUT2D eigenvalue weighted by molar-refractivity contribution is -0.00228. The van der Waals surface area contributed by atoms with Crippen LogP contribution in [-0.2, 0) is 4.74 Å². The molecule has 0 amide bonds. The molecule has 0 saturated heterocycles. The fourth-order valence-corrected chi connectivity index (χ4v) is 0.811. The molecule has 9 heavy (non-hydrogen) atoms. The fraction of sp³-hybridized carbons (Fsp3) is 1.00. The molecule has 0 bridgehead atoms. The van der Waals surface area contributed by atoms with Crippen LogP contribution in [0.25, 0.3) is 0 Å². The van der Waals surface area contributed by atoms with E-state index in [0.29, 0.717) is 0 Å². The maximum Gasteiger partial charge on any atom is 0.0598 e. The second-order valence-electron chi connectivity index (χ2n) is 3.31. The molecule has 0 aromatic carbocycles. The van der Waals surface area contributed by atoms with E-state index in [2.05, 4.69) is 20.8 Å². The van der Waals surface area contributed by atoms with Crippen LogP contribution in [0.2, 0.25) is 6.04 Å². The van der Waals surface area contributed by atoms with Crippen molar-refractivity contribution in [1.82, 2.24) is 0 Å². The zero-order valence-electron chi connectivity index (χ0n) is 7.03. The van der Waals surface area contributed by atoms with Crippen molar-refractivity contribution in [3.05, 3.63) is 0 Å². The normalized spacial score (nSPS) is 12.3. The Labute approximate surface area is 61.2 Å². The number of rotatable bonds is 3.